The van der Waals surface area contributed by atoms with E-state index >= 15 is 0 Å². The van der Waals surface area contributed by atoms with Crippen LogP contribution >= 0.6 is 0 Å². The van der Waals surface area contributed by atoms with Gasteiger partial charge in [0.05, 0.1) is 11.6 Å². The van der Waals surface area contributed by atoms with Crippen LogP contribution in [-0.2, 0) is 33.8 Å². The maximum Gasteiger partial charge on any atom is 0.255 e. The van der Waals surface area contributed by atoms with Gasteiger partial charge in [0.1, 0.15) is 22.8 Å². The first-order valence-electron chi connectivity index (χ1n) is 14.2. The van der Waals surface area contributed by atoms with Crippen molar-refractivity contribution in [2.45, 2.75) is 37.5 Å². The molecule has 11 nitrogen and oxygen atoms in total. The summed E-state index contributed by atoms with van der Waals surface area (Å²) in [6, 6.07) is 10.7. The number of Topliss-reactive ketones (excluding diaryl/α,β-unsaturated/α-hetero) is 2. The molecule has 11 heteroatoms. The maximum absolute atomic E-state index is 14.1. The first-order valence-corrected chi connectivity index (χ1v) is 14.2. The number of hydrogen-bond acceptors (Lipinski definition) is 10. The van der Waals surface area contributed by atoms with Gasteiger partial charge in [0, 0.05) is 43.4 Å². The predicted octanol–water partition coefficient (Wildman–Crippen LogP) is 1.36. The average molecular weight is 591 g/mol. The summed E-state index contributed by atoms with van der Waals surface area (Å²) >= 11 is 0. The first kappa shape index (κ1) is 30.3. The number of aliphatic hydroxyl groups is 3. The number of nitrogens with two attached hydrogens (primary N) is 1. The fraction of sp³-hybridized carbons (Fsp3) is 0.406. The Balaban J connectivity index is 1.58. The topological polar surface area (TPSA) is 177 Å². The Labute approximate surface area is 249 Å². The second-order valence-corrected chi connectivity index (χ2v) is 12.0. The van der Waals surface area contributed by atoms with Crippen LogP contribution in [0.5, 0.6) is 5.75 Å². The zero-order valence-corrected chi connectivity index (χ0v) is 24.7. The molecule has 0 bridgehead atoms. The van der Waals surface area contributed by atoms with Gasteiger partial charge < -0.3 is 36.4 Å². The van der Waals surface area contributed by atoms with Gasteiger partial charge in [-0.05, 0) is 63.0 Å². The number of amides is 1. The minimum atomic E-state index is -2.67. The molecule has 5 rings (SSSR count). The molecule has 0 spiro atoms. The van der Waals surface area contributed by atoms with Gasteiger partial charge in [-0.1, -0.05) is 30.3 Å². The number of phenolic OH excluding ortho intramolecular Hbond substituents is 1. The Morgan fingerprint density at radius 1 is 1.09 bits per heavy atom. The van der Waals surface area contributed by atoms with Gasteiger partial charge in [0.25, 0.3) is 5.91 Å². The van der Waals surface area contributed by atoms with E-state index in [1.807, 2.05) is 55.4 Å². The lowest BCUT2D eigenvalue weighted by atomic mass is 9.57. The van der Waals surface area contributed by atoms with Crippen LogP contribution in [0, 0.1) is 11.8 Å². The van der Waals surface area contributed by atoms with Crippen molar-refractivity contribution in [2.24, 2.45) is 17.6 Å². The number of carbonyl (C=O) groups excluding carboxylic acids is 3. The average Bonchev–Trinajstić information content (AvgIpc) is 2.94. The van der Waals surface area contributed by atoms with Crippen molar-refractivity contribution in [1.82, 2.24) is 10.2 Å². The highest BCUT2D eigenvalue weighted by Gasteiger charge is 2.64. The molecule has 0 saturated heterocycles. The fourth-order valence-electron chi connectivity index (χ4n) is 6.98. The molecule has 3 aliphatic rings. The smallest absolute Gasteiger partial charge is 0.255 e. The zero-order chi connectivity index (χ0) is 31.4. The van der Waals surface area contributed by atoms with Gasteiger partial charge in [0.2, 0.25) is 5.78 Å². The summed E-state index contributed by atoms with van der Waals surface area (Å²) in [7, 11) is 6.84. The van der Waals surface area contributed by atoms with Crippen LogP contribution in [0.1, 0.15) is 28.7 Å². The van der Waals surface area contributed by atoms with Crippen molar-refractivity contribution in [3.63, 3.8) is 0 Å². The monoisotopic (exact) mass is 590 g/mol. The number of fused-ring (bicyclic) bond motifs is 3. The summed E-state index contributed by atoms with van der Waals surface area (Å²) in [6.45, 7) is 0.927. The summed E-state index contributed by atoms with van der Waals surface area (Å²) in [6.07, 6.45) is 1.05. The molecule has 1 amide bonds. The number of phenols is 1. The second kappa shape index (κ2) is 11.1. The third-order valence-corrected chi connectivity index (χ3v) is 9.01. The molecule has 43 heavy (non-hydrogen) atoms. The van der Waals surface area contributed by atoms with Gasteiger partial charge in [-0.25, -0.2) is 0 Å². The van der Waals surface area contributed by atoms with Crippen molar-refractivity contribution in [1.29, 1.82) is 0 Å². The predicted molar refractivity (Wildman–Crippen MR) is 160 cm³/mol. The van der Waals surface area contributed by atoms with E-state index < -0.39 is 58.0 Å². The van der Waals surface area contributed by atoms with E-state index in [0.717, 1.165) is 17.7 Å². The molecule has 0 radical (unpaired) electrons. The number of primary amides is 1. The molecule has 4 atom stereocenters. The molecule has 0 aliphatic heterocycles. The minimum absolute atomic E-state index is 0.0438. The van der Waals surface area contributed by atoms with E-state index in [9.17, 15) is 34.8 Å². The number of aromatic hydroxyl groups is 1. The summed E-state index contributed by atoms with van der Waals surface area (Å²) in [5.41, 5.74) is 4.87. The van der Waals surface area contributed by atoms with Crippen LogP contribution in [0.4, 0.5) is 5.69 Å². The van der Waals surface area contributed by atoms with E-state index in [4.69, 9.17) is 5.73 Å². The molecular formula is C32H38N4O7. The lowest BCUT2D eigenvalue weighted by molar-refractivity contribution is -0.153. The number of anilines is 1. The fourth-order valence-corrected chi connectivity index (χ4v) is 6.98. The Hall–Kier alpha value is -4.19. The normalized spacial score (nSPS) is 25.0. The van der Waals surface area contributed by atoms with Gasteiger partial charge in [-0.15, -0.1) is 0 Å². The molecule has 0 aromatic heterocycles. The van der Waals surface area contributed by atoms with Gasteiger partial charge in [0.15, 0.2) is 11.4 Å². The van der Waals surface area contributed by atoms with E-state index in [0.29, 0.717) is 17.7 Å². The standard InChI is InChI=1S/C32H38N4O7/c1-35(2)21-14-18(15-34-11-10-16-8-6-5-7-9-16)26(37)23-19(21)12-17-13-20-25(36(3)4)28(39)24(31(33)42)30(41)32(20,43)29(40)22(17)27(23)38/h5-9,14,17,20,25,34,37-38,41,43H,10-13,15H2,1-4H3,(H2,33,42). The highest BCUT2D eigenvalue weighted by molar-refractivity contribution is 6.24. The Kier molecular flexibility index (Phi) is 7.84. The second-order valence-electron chi connectivity index (χ2n) is 12.0. The molecule has 2 aromatic rings. The molecule has 228 valence electrons. The van der Waals surface area contributed by atoms with Crippen LogP contribution in [0.15, 0.2) is 53.3 Å². The number of nitrogens with one attached hydrogen (secondary N) is 1. The molecule has 0 heterocycles. The maximum atomic E-state index is 14.1. The van der Waals surface area contributed by atoms with E-state index in [2.05, 4.69) is 5.32 Å². The highest BCUT2D eigenvalue weighted by atomic mass is 16.3. The number of nitrogens with zero attached hydrogens (tertiary/aromatic N) is 2. The Morgan fingerprint density at radius 3 is 2.37 bits per heavy atom. The summed E-state index contributed by atoms with van der Waals surface area (Å²) in [5, 5.41) is 49.2. The number of benzene rings is 2. The largest absolute Gasteiger partial charge is 0.508 e. The van der Waals surface area contributed by atoms with Gasteiger partial charge in [-0.3, -0.25) is 19.3 Å². The first-order chi connectivity index (χ1) is 20.3. The summed E-state index contributed by atoms with van der Waals surface area (Å²) in [4.78, 5) is 42.9. The zero-order valence-electron chi connectivity index (χ0n) is 24.7. The van der Waals surface area contributed by atoms with E-state index in [-0.39, 0.29) is 36.3 Å². The molecule has 3 aliphatic carbocycles. The number of rotatable bonds is 8. The van der Waals surface area contributed by atoms with E-state index in [1.165, 1.54) is 4.90 Å². The lowest BCUT2D eigenvalue weighted by Crippen LogP contribution is -2.65. The van der Waals surface area contributed by atoms with Crippen LogP contribution in [0.2, 0.25) is 0 Å². The molecule has 1 fully saturated rings. The molecule has 7 N–H and O–H groups in total. The molecule has 1 saturated carbocycles. The minimum Gasteiger partial charge on any atom is -0.508 e. The molecule has 2 aromatic carbocycles. The SMILES string of the molecule is CN(C)c1cc(CNCCc2ccccc2)c(O)c2c1CC1CC3C(N(C)C)C(=O)C(C(N)=O)=C(O)C3(O)C(=O)C1=C2O. The van der Waals surface area contributed by atoms with Gasteiger partial charge in [-0.2, -0.15) is 0 Å². The van der Waals surface area contributed by atoms with Crippen molar-refractivity contribution in [3.8, 4) is 5.75 Å². The number of ketones is 2. The quantitative estimate of drug-likeness (QED) is 0.194. The van der Waals surface area contributed by atoms with Crippen LogP contribution < -0.4 is 16.0 Å². The summed E-state index contributed by atoms with van der Waals surface area (Å²) in [5.74, 6) is -6.60. The number of likely N-dealkylation sites (N-methyl/N-ethyl adjacent to an activating group) is 1. The van der Waals surface area contributed by atoms with Crippen LogP contribution in [0.3, 0.4) is 0 Å². The van der Waals surface area contributed by atoms with Crippen molar-refractivity contribution in [2.75, 3.05) is 39.6 Å². The summed E-state index contributed by atoms with van der Waals surface area (Å²) < 4.78 is 0. The molecular weight excluding hydrogens is 552 g/mol. The van der Waals surface area contributed by atoms with Crippen molar-refractivity contribution < 1.29 is 34.8 Å². The highest BCUT2D eigenvalue weighted by Crippen LogP contribution is 2.54. The Bertz CT molecular complexity index is 1560. The van der Waals surface area contributed by atoms with Crippen molar-refractivity contribution >= 4 is 28.9 Å². The van der Waals surface area contributed by atoms with Crippen LogP contribution in [-0.4, -0.2) is 89.2 Å². The van der Waals surface area contributed by atoms with Gasteiger partial charge >= 0.3 is 0 Å². The third kappa shape index (κ3) is 4.77. The lowest BCUT2D eigenvalue weighted by Gasteiger charge is -2.50. The number of hydrogen-bond donors (Lipinski definition) is 6. The van der Waals surface area contributed by atoms with Crippen molar-refractivity contribution in [3.05, 3.63) is 75.6 Å². The Morgan fingerprint density at radius 2 is 1.77 bits per heavy atom. The number of carbonyl (C=O) groups is 3. The molecule has 4 unspecified atom stereocenters. The van der Waals surface area contributed by atoms with E-state index in [1.54, 1.807) is 14.1 Å². The van der Waals surface area contributed by atoms with Crippen LogP contribution in [0.25, 0.3) is 5.76 Å². The third-order valence-electron chi connectivity index (χ3n) is 9.01. The number of aliphatic hydroxyl groups excluding tert-OH is 2.